The molecular weight excluding hydrogens is 144 g/mol. The Morgan fingerprint density at radius 3 is 1.20 bits per heavy atom. The third kappa shape index (κ3) is 11.0. The minimum Gasteiger partial charge on any atom is -0.179 e. The van der Waals surface area contributed by atoms with Gasteiger partial charge in [-0.2, -0.15) is 25.3 Å². The minimum atomic E-state index is 0. The van der Waals surface area contributed by atoms with E-state index in [1.54, 1.807) is 0 Å². The quantitative estimate of drug-likeness (QED) is 0.401. The van der Waals surface area contributed by atoms with Gasteiger partial charge >= 0.3 is 0 Å². The van der Waals surface area contributed by atoms with Gasteiger partial charge in [-0.3, -0.25) is 0 Å². The molecule has 0 fully saturated rings. The molecule has 0 aromatic rings. The summed E-state index contributed by atoms with van der Waals surface area (Å²) in [5.74, 6) is 1.76. The summed E-state index contributed by atoms with van der Waals surface area (Å²) < 4.78 is 0. The molecule has 0 spiro atoms. The number of thiol groups is 2. The van der Waals surface area contributed by atoms with Gasteiger partial charge in [0.25, 0.3) is 0 Å². The second kappa shape index (κ2) is 8.97. The van der Waals surface area contributed by atoms with Crippen molar-refractivity contribution in [1.82, 2.24) is 0 Å². The zero-order chi connectivity index (χ0) is 3.41. The minimum absolute atomic E-state index is 0. The van der Waals surface area contributed by atoms with Crippen LogP contribution >= 0.6 is 25.3 Å². The Labute approximate surface area is 54.0 Å². The summed E-state index contributed by atoms with van der Waals surface area (Å²) in [4.78, 5) is 0. The average Bonchev–Trinajstić information content (AvgIpc) is 1.37. The van der Waals surface area contributed by atoms with E-state index in [-0.39, 0.29) is 17.1 Å². The molecule has 0 radical (unpaired) electrons. The van der Waals surface area contributed by atoms with Crippen molar-refractivity contribution in [2.45, 2.75) is 0 Å². The van der Waals surface area contributed by atoms with E-state index < -0.39 is 0 Å². The normalized spacial score (nSPS) is 6.00. The largest absolute Gasteiger partial charge is 0.179 e. The zero-order valence-corrected chi connectivity index (χ0v) is 5.56. The molecule has 0 heterocycles. The second-order valence-corrected chi connectivity index (χ2v) is 1.34. The third-order valence-corrected chi connectivity index (χ3v) is 0.900. The molecule has 0 nitrogen and oxygen atoms in total. The van der Waals surface area contributed by atoms with Gasteiger partial charge in [-0.1, -0.05) is 0 Å². The van der Waals surface area contributed by atoms with Gasteiger partial charge in [0.05, 0.1) is 0 Å². The molecule has 0 bridgehead atoms. The summed E-state index contributed by atoms with van der Waals surface area (Å²) in [6, 6.07) is 0. The molecule has 0 aromatic heterocycles. The Morgan fingerprint density at radius 2 is 1.20 bits per heavy atom. The number of hydrogen-bond acceptors (Lipinski definition) is 2. The van der Waals surface area contributed by atoms with E-state index in [1.807, 2.05) is 0 Å². The van der Waals surface area contributed by atoms with Crippen LogP contribution in [0.25, 0.3) is 0 Å². The van der Waals surface area contributed by atoms with Crippen LogP contribution in [-0.2, 0) is 17.1 Å². The molecule has 0 aliphatic heterocycles. The third-order valence-electron chi connectivity index (χ3n) is 0.1000. The molecule has 0 aliphatic rings. The molecule has 0 aromatic carbocycles. The first kappa shape index (κ1) is 9.52. The zero-order valence-electron chi connectivity index (χ0n) is 2.66. The molecule has 34 valence electrons. The van der Waals surface area contributed by atoms with Crippen molar-refractivity contribution in [3.05, 3.63) is 0 Å². The van der Waals surface area contributed by atoms with Crippen molar-refractivity contribution < 1.29 is 17.1 Å². The van der Waals surface area contributed by atoms with Crippen molar-refractivity contribution in [3.8, 4) is 0 Å². The first-order valence-corrected chi connectivity index (χ1v) is 2.40. The fourth-order valence-corrected chi connectivity index (χ4v) is 0. The Hall–Kier alpha value is 1.22. The van der Waals surface area contributed by atoms with Gasteiger partial charge in [-0.25, -0.2) is 0 Å². The van der Waals surface area contributed by atoms with Crippen LogP contribution in [0.1, 0.15) is 0 Å². The van der Waals surface area contributed by atoms with Gasteiger partial charge in [-0.05, 0) is 11.5 Å². The molecule has 0 saturated carbocycles. The monoisotopic (exact) mass is 150 g/mol. The fourth-order valence-electron chi connectivity index (χ4n) is 0. The fraction of sp³-hybridized carbons (Fsp3) is 1.00. The number of rotatable bonds is 1. The van der Waals surface area contributed by atoms with E-state index in [2.05, 4.69) is 25.3 Å². The van der Waals surface area contributed by atoms with E-state index in [0.29, 0.717) is 0 Å². The van der Waals surface area contributed by atoms with Crippen LogP contribution in [-0.4, -0.2) is 11.5 Å². The maximum atomic E-state index is 3.84. The molecule has 5 heavy (non-hydrogen) atoms. The van der Waals surface area contributed by atoms with E-state index >= 15 is 0 Å². The van der Waals surface area contributed by atoms with E-state index in [0.717, 1.165) is 11.5 Å². The van der Waals surface area contributed by atoms with Gasteiger partial charge in [0.1, 0.15) is 0 Å². The predicted octanol–water partition coefficient (Wildman–Crippen LogP) is 0.843. The summed E-state index contributed by atoms with van der Waals surface area (Å²) in [6.07, 6.45) is 0. The molecule has 0 unspecified atom stereocenters. The molecule has 0 atom stereocenters. The molecule has 0 aliphatic carbocycles. The Bertz CT molecular complexity index is 9.61. The first-order valence-electron chi connectivity index (χ1n) is 1.13. The van der Waals surface area contributed by atoms with Crippen LogP contribution in [0, 0.1) is 0 Å². The van der Waals surface area contributed by atoms with Crippen molar-refractivity contribution in [2.75, 3.05) is 11.5 Å². The molecule has 0 rings (SSSR count). The summed E-state index contributed by atoms with van der Waals surface area (Å²) in [5, 5.41) is 0. The van der Waals surface area contributed by atoms with Gasteiger partial charge in [0.2, 0.25) is 0 Å². The second-order valence-electron chi connectivity index (χ2n) is 0.447. The molecule has 0 amide bonds. The van der Waals surface area contributed by atoms with E-state index in [4.69, 9.17) is 0 Å². The van der Waals surface area contributed by atoms with Crippen molar-refractivity contribution in [2.24, 2.45) is 0 Å². The molecule has 3 heteroatoms. The topological polar surface area (TPSA) is 0 Å². The smallest absolute Gasteiger partial charge is 0 e. The van der Waals surface area contributed by atoms with E-state index in [1.165, 1.54) is 0 Å². The average molecular weight is 150 g/mol. The Balaban J connectivity index is 0. The molecule has 0 saturated heterocycles. The van der Waals surface area contributed by atoms with Crippen LogP contribution < -0.4 is 0 Å². The summed E-state index contributed by atoms with van der Waals surface area (Å²) in [6.45, 7) is 0. The predicted molar refractivity (Wildman–Crippen MR) is 27.7 cm³/mol. The van der Waals surface area contributed by atoms with Gasteiger partial charge in [-0.15, -0.1) is 0 Å². The SMILES string of the molecule is SCCS.[Fe]. The van der Waals surface area contributed by atoms with E-state index in [9.17, 15) is 0 Å². The first-order chi connectivity index (χ1) is 1.91. The molecular formula is C2H6FeS2. The van der Waals surface area contributed by atoms with Crippen LogP contribution in [0.4, 0.5) is 0 Å². The standard InChI is InChI=1S/C2H6S2.Fe/c3-1-2-4;/h3-4H,1-2H2;. The maximum Gasteiger partial charge on any atom is 0 e. The Kier molecular flexibility index (Phi) is 17.1. The van der Waals surface area contributed by atoms with Crippen molar-refractivity contribution in [1.29, 1.82) is 0 Å². The van der Waals surface area contributed by atoms with Gasteiger partial charge in [0, 0.05) is 17.1 Å². The van der Waals surface area contributed by atoms with Crippen LogP contribution in [0.2, 0.25) is 0 Å². The van der Waals surface area contributed by atoms with Gasteiger partial charge in [0.15, 0.2) is 0 Å². The summed E-state index contributed by atoms with van der Waals surface area (Å²) >= 11 is 7.69. The summed E-state index contributed by atoms with van der Waals surface area (Å²) in [7, 11) is 0. The van der Waals surface area contributed by atoms with Crippen LogP contribution in [0.5, 0.6) is 0 Å². The Morgan fingerprint density at radius 1 is 1.00 bits per heavy atom. The van der Waals surface area contributed by atoms with Crippen molar-refractivity contribution in [3.63, 3.8) is 0 Å². The van der Waals surface area contributed by atoms with Crippen LogP contribution in [0.3, 0.4) is 0 Å². The number of hydrogen-bond donors (Lipinski definition) is 2. The van der Waals surface area contributed by atoms with Gasteiger partial charge < -0.3 is 0 Å². The summed E-state index contributed by atoms with van der Waals surface area (Å²) in [5.41, 5.74) is 0. The maximum absolute atomic E-state index is 3.84. The van der Waals surface area contributed by atoms with Crippen LogP contribution in [0.15, 0.2) is 0 Å². The van der Waals surface area contributed by atoms with Crippen molar-refractivity contribution >= 4 is 25.3 Å². The molecule has 0 N–H and O–H groups in total.